The average molecular weight is 432 g/mol. The minimum absolute atomic E-state index is 0. The van der Waals surface area contributed by atoms with Crippen molar-refractivity contribution in [2.45, 2.75) is 39.5 Å². The van der Waals surface area contributed by atoms with Gasteiger partial charge in [-0.2, -0.15) is 0 Å². The number of hydrogen-bond donors (Lipinski definition) is 0. The molecule has 5 rings (SSSR count). The summed E-state index contributed by atoms with van der Waals surface area (Å²) in [6.45, 7) is 8.62. The first-order chi connectivity index (χ1) is 13.4. The van der Waals surface area contributed by atoms with Crippen LogP contribution in [0.3, 0.4) is 0 Å². The second-order valence-corrected chi connectivity index (χ2v) is 8.31. The maximum absolute atomic E-state index is 4.90. The maximum atomic E-state index is 4.90. The molecule has 5 heterocycles. The minimum Gasteiger partial charge on any atom is -0.658 e. The summed E-state index contributed by atoms with van der Waals surface area (Å²) in [7, 11) is 0. The molecule has 3 aromatic heterocycles. The van der Waals surface area contributed by atoms with E-state index in [1.165, 1.54) is 0 Å². The Morgan fingerprint density at radius 2 is 1.34 bits per heavy atom. The molecule has 0 saturated carbocycles. The van der Waals surface area contributed by atoms with Crippen molar-refractivity contribution >= 4 is 34.2 Å². The van der Waals surface area contributed by atoms with Crippen LogP contribution < -0.4 is 9.97 Å². The molecule has 29 heavy (non-hydrogen) atoms. The zero-order valence-electron chi connectivity index (χ0n) is 17.3. The van der Waals surface area contributed by atoms with Gasteiger partial charge in [-0.25, -0.2) is 4.98 Å². The molecule has 8 bridgehead atoms. The first-order valence-electron chi connectivity index (χ1n) is 9.63. The predicted molar refractivity (Wildman–Crippen MR) is 114 cm³/mol. The first-order valence-corrected chi connectivity index (χ1v) is 9.63. The van der Waals surface area contributed by atoms with Crippen molar-refractivity contribution in [3.63, 3.8) is 0 Å². The first kappa shape index (κ1) is 19.8. The molecule has 3 aromatic rings. The number of rotatable bonds is 0. The van der Waals surface area contributed by atoms with E-state index in [0.29, 0.717) is 0 Å². The molecule has 2 aliphatic rings. The third-order valence-corrected chi connectivity index (χ3v) is 5.68. The molecule has 0 atom stereocenters. The third kappa shape index (κ3) is 3.49. The van der Waals surface area contributed by atoms with E-state index in [0.717, 1.165) is 62.4 Å². The number of aryl methyl sites for hydroxylation is 2. The van der Waals surface area contributed by atoms with Crippen molar-refractivity contribution in [3.05, 3.63) is 70.3 Å². The van der Waals surface area contributed by atoms with Gasteiger partial charge in [0, 0.05) is 23.2 Å². The molecule has 5 heteroatoms. The van der Waals surface area contributed by atoms with Crippen molar-refractivity contribution < 1.29 is 19.5 Å². The van der Waals surface area contributed by atoms with E-state index >= 15 is 0 Å². The Bertz CT molecular complexity index is 1290. The van der Waals surface area contributed by atoms with Crippen molar-refractivity contribution in [1.29, 1.82) is 0 Å². The van der Waals surface area contributed by atoms with Gasteiger partial charge in [0.2, 0.25) is 0 Å². The summed E-state index contributed by atoms with van der Waals surface area (Å²) in [5.74, 6) is 0. The fourth-order valence-corrected chi connectivity index (χ4v) is 3.89. The standard InChI is InChI=1S/C24H22N4.Zn/c1-14-19-7-5-16(25-19)11-18-13-24(3,4)23(27-18)12-17-6-8-20(26-17)15(2)22-10-9-21(14)28-22;/h5-12H,13H2,1-4H3;/q-2;+2. The largest absolute Gasteiger partial charge is 2.00 e. The van der Waals surface area contributed by atoms with Gasteiger partial charge in [0.05, 0.1) is 11.4 Å². The van der Waals surface area contributed by atoms with Crippen LogP contribution in [0.25, 0.3) is 34.2 Å². The van der Waals surface area contributed by atoms with Gasteiger partial charge in [-0.1, -0.05) is 50.2 Å². The van der Waals surface area contributed by atoms with E-state index in [-0.39, 0.29) is 24.9 Å². The number of fused-ring (bicyclic) bond motifs is 8. The molecule has 140 valence electrons. The van der Waals surface area contributed by atoms with Crippen LogP contribution in [0.4, 0.5) is 0 Å². The molecule has 0 spiro atoms. The van der Waals surface area contributed by atoms with E-state index < -0.39 is 0 Å². The van der Waals surface area contributed by atoms with Gasteiger partial charge in [-0.15, -0.1) is 22.1 Å². The van der Waals surface area contributed by atoms with Gasteiger partial charge in [0.1, 0.15) is 0 Å². The van der Waals surface area contributed by atoms with Gasteiger partial charge in [-0.05, 0) is 37.1 Å². The molecule has 0 radical (unpaired) electrons. The van der Waals surface area contributed by atoms with Crippen LogP contribution in [-0.4, -0.2) is 9.97 Å². The Morgan fingerprint density at radius 1 is 0.793 bits per heavy atom. The van der Waals surface area contributed by atoms with Gasteiger partial charge < -0.3 is 9.97 Å². The molecule has 0 saturated heterocycles. The van der Waals surface area contributed by atoms with E-state index in [9.17, 15) is 0 Å². The summed E-state index contributed by atoms with van der Waals surface area (Å²) in [5.41, 5.74) is 9.99. The molecule has 0 amide bonds. The minimum atomic E-state index is -0.0170. The molecule has 0 aromatic carbocycles. The second kappa shape index (κ2) is 7.07. The SMILES string of the molecule is Cc1c2nc(c(C)c3ccc(cc4nc(cc5ccc1[n-]5)CC4(C)C)[n-]3)C=C2.[Zn+2]. The van der Waals surface area contributed by atoms with Crippen LogP contribution in [0, 0.1) is 13.8 Å². The molecule has 0 fully saturated rings. The maximum Gasteiger partial charge on any atom is 2.00 e. The summed E-state index contributed by atoms with van der Waals surface area (Å²) in [6, 6.07) is 12.4. The zero-order chi connectivity index (χ0) is 19.5. The summed E-state index contributed by atoms with van der Waals surface area (Å²) >= 11 is 0. The number of hydrogen-bond acceptors (Lipinski definition) is 2. The smallest absolute Gasteiger partial charge is 0.658 e. The second-order valence-electron chi connectivity index (χ2n) is 8.31. The molecule has 0 unspecified atom stereocenters. The molecule has 2 aliphatic heterocycles. The van der Waals surface area contributed by atoms with Crippen LogP contribution in [-0.2, 0) is 31.3 Å². The zero-order valence-corrected chi connectivity index (χ0v) is 20.3. The van der Waals surface area contributed by atoms with Gasteiger partial charge in [0.25, 0.3) is 0 Å². The van der Waals surface area contributed by atoms with Crippen molar-refractivity contribution in [3.8, 4) is 0 Å². The van der Waals surface area contributed by atoms with E-state index in [1.54, 1.807) is 0 Å². The summed E-state index contributed by atoms with van der Waals surface area (Å²) in [5, 5.41) is 0. The monoisotopic (exact) mass is 430 g/mol. The normalized spacial score (nSPS) is 14.6. The summed E-state index contributed by atoms with van der Waals surface area (Å²) in [6.07, 6.45) is 5.02. The van der Waals surface area contributed by atoms with Crippen LogP contribution in [0.2, 0.25) is 0 Å². The van der Waals surface area contributed by atoms with E-state index in [1.807, 2.05) is 0 Å². The molecular weight excluding hydrogens is 410 g/mol. The number of aromatic nitrogens is 4. The van der Waals surface area contributed by atoms with Crippen LogP contribution >= 0.6 is 0 Å². The Kier molecular flexibility index (Phi) is 4.82. The summed E-state index contributed by atoms with van der Waals surface area (Å²) in [4.78, 5) is 19.3. The fourth-order valence-electron chi connectivity index (χ4n) is 3.89. The van der Waals surface area contributed by atoms with Crippen LogP contribution in [0.5, 0.6) is 0 Å². The van der Waals surface area contributed by atoms with E-state index in [2.05, 4.69) is 76.2 Å². The Morgan fingerprint density at radius 3 is 1.93 bits per heavy atom. The summed E-state index contributed by atoms with van der Waals surface area (Å²) < 4.78 is 0. The van der Waals surface area contributed by atoms with Crippen molar-refractivity contribution in [1.82, 2.24) is 19.9 Å². The van der Waals surface area contributed by atoms with Crippen molar-refractivity contribution in [2.24, 2.45) is 0 Å². The Balaban J connectivity index is 0.00000205. The molecular formula is C24H22N4Zn. The van der Waals surface area contributed by atoms with Crippen LogP contribution in [0.1, 0.15) is 47.8 Å². The Labute approximate surface area is 183 Å². The topological polar surface area (TPSA) is 54.0 Å². The molecule has 0 aliphatic carbocycles. The van der Waals surface area contributed by atoms with Gasteiger partial charge >= 0.3 is 19.5 Å². The van der Waals surface area contributed by atoms with Gasteiger partial charge in [-0.3, -0.25) is 4.98 Å². The van der Waals surface area contributed by atoms with Crippen molar-refractivity contribution in [2.75, 3.05) is 0 Å². The molecule has 0 N–H and O–H groups in total. The molecule has 4 nitrogen and oxygen atoms in total. The third-order valence-electron chi connectivity index (χ3n) is 5.68. The fraction of sp³-hybridized carbons (Fsp3) is 0.250. The Hall–Kier alpha value is -2.52. The van der Waals surface area contributed by atoms with Crippen LogP contribution in [0.15, 0.2) is 36.4 Å². The quantitative estimate of drug-likeness (QED) is 0.372. The number of nitrogens with zero attached hydrogens (tertiary/aromatic N) is 4. The predicted octanol–water partition coefficient (Wildman–Crippen LogP) is 4.88. The average Bonchev–Trinajstić information content (AvgIpc) is 3.41. The van der Waals surface area contributed by atoms with E-state index in [4.69, 9.17) is 19.9 Å². The van der Waals surface area contributed by atoms with Gasteiger partial charge in [0.15, 0.2) is 0 Å².